The van der Waals surface area contributed by atoms with Gasteiger partial charge >= 0.3 is 0 Å². The molecule has 0 atom stereocenters. The van der Waals surface area contributed by atoms with Crippen LogP contribution in [0.25, 0.3) is 11.3 Å². The van der Waals surface area contributed by atoms with Gasteiger partial charge in [0.1, 0.15) is 0 Å². The van der Waals surface area contributed by atoms with Crippen LogP contribution in [0.2, 0.25) is 0 Å². The van der Waals surface area contributed by atoms with Crippen LogP contribution in [0, 0.1) is 0 Å². The molecule has 0 radical (unpaired) electrons. The fourth-order valence-electron chi connectivity index (χ4n) is 1.77. The summed E-state index contributed by atoms with van der Waals surface area (Å²) in [5.41, 5.74) is 7.16. The summed E-state index contributed by atoms with van der Waals surface area (Å²) in [5.74, 6) is 0.349. The van der Waals surface area contributed by atoms with Crippen molar-refractivity contribution < 1.29 is 9.53 Å². The molecule has 0 aliphatic heterocycles. The quantitative estimate of drug-likeness (QED) is 0.658. The molecule has 0 bridgehead atoms. The van der Waals surface area contributed by atoms with E-state index >= 15 is 0 Å². The molecule has 0 saturated heterocycles. The third-order valence-corrected chi connectivity index (χ3v) is 2.80. The maximum Gasteiger partial charge on any atom is 0.222 e. The molecule has 7 heteroatoms. The Kier molecular flexibility index (Phi) is 4.67. The molecule has 114 valence electrons. The molecule has 0 fully saturated rings. The van der Waals surface area contributed by atoms with E-state index in [1.807, 2.05) is 14.1 Å². The molecule has 0 unspecified atom stereocenters. The van der Waals surface area contributed by atoms with Gasteiger partial charge in [0.2, 0.25) is 11.8 Å². The third kappa shape index (κ3) is 3.57. The number of ether oxygens (including phenoxy) is 1. The van der Waals surface area contributed by atoms with Gasteiger partial charge in [-0.05, 0) is 12.1 Å². The Morgan fingerprint density at radius 3 is 2.77 bits per heavy atom. The first-order chi connectivity index (χ1) is 10.5. The summed E-state index contributed by atoms with van der Waals surface area (Å²) in [5, 5.41) is 0. The number of rotatable bonds is 5. The van der Waals surface area contributed by atoms with Crippen LogP contribution in [0.5, 0.6) is 5.88 Å². The Morgan fingerprint density at radius 1 is 1.36 bits per heavy atom. The summed E-state index contributed by atoms with van der Waals surface area (Å²) in [6, 6.07) is 3.36. The van der Waals surface area contributed by atoms with Gasteiger partial charge in [-0.25, -0.2) is 15.0 Å². The molecule has 0 aliphatic carbocycles. The second-order valence-corrected chi connectivity index (χ2v) is 4.72. The van der Waals surface area contributed by atoms with E-state index in [0.29, 0.717) is 22.7 Å². The summed E-state index contributed by atoms with van der Waals surface area (Å²) in [6.45, 7) is 0. The lowest BCUT2D eigenvalue weighted by atomic mass is 10.1. The van der Waals surface area contributed by atoms with Gasteiger partial charge in [-0.15, -0.1) is 0 Å². The highest BCUT2D eigenvalue weighted by Crippen LogP contribution is 2.27. The molecular formula is C15H17N5O2. The zero-order valence-corrected chi connectivity index (χ0v) is 12.6. The van der Waals surface area contributed by atoms with Crippen LogP contribution < -0.4 is 10.5 Å². The zero-order chi connectivity index (χ0) is 16.1. The summed E-state index contributed by atoms with van der Waals surface area (Å²) in [6.07, 6.45) is 6.16. The highest BCUT2D eigenvalue weighted by Gasteiger charge is 2.13. The number of pyridine rings is 1. The van der Waals surface area contributed by atoms with E-state index in [1.165, 1.54) is 25.6 Å². The second-order valence-electron chi connectivity index (χ2n) is 4.72. The molecule has 0 spiro atoms. The maximum atomic E-state index is 12.1. The monoisotopic (exact) mass is 299 g/mol. The Morgan fingerprint density at radius 2 is 2.14 bits per heavy atom. The van der Waals surface area contributed by atoms with E-state index in [-0.39, 0.29) is 11.7 Å². The normalized spacial score (nSPS) is 10.7. The van der Waals surface area contributed by atoms with Crippen molar-refractivity contribution in [3.8, 4) is 17.1 Å². The molecule has 2 aromatic heterocycles. The fourth-order valence-corrected chi connectivity index (χ4v) is 1.77. The van der Waals surface area contributed by atoms with Crippen molar-refractivity contribution >= 4 is 11.7 Å². The first-order valence-corrected chi connectivity index (χ1v) is 6.53. The maximum absolute atomic E-state index is 12.1. The predicted octanol–water partition coefficient (Wildman–Crippen LogP) is 1.39. The van der Waals surface area contributed by atoms with Crippen LogP contribution >= 0.6 is 0 Å². The first-order valence-electron chi connectivity index (χ1n) is 6.53. The minimum atomic E-state index is -0.160. The van der Waals surface area contributed by atoms with Crippen LogP contribution in [0.15, 0.2) is 36.8 Å². The van der Waals surface area contributed by atoms with Crippen molar-refractivity contribution in [3.63, 3.8) is 0 Å². The largest absolute Gasteiger partial charge is 0.481 e. The molecule has 0 amide bonds. The van der Waals surface area contributed by atoms with Gasteiger partial charge in [0.25, 0.3) is 0 Å². The van der Waals surface area contributed by atoms with E-state index < -0.39 is 0 Å². The van der Waals surface area contributed by atoms with Gasteiger partial charge < -0.3 is 15.4 Å². The van der Waals surface area contributed by atoms with E-state index in [1.54, 1.807) is 23.2 Å². The SMILES string of the molecule is COc1ncc(C(=O)/C=C/N(C)C)cc1-c1ccnc(N)n1. The molecule has 2 rings (SSSR count). The molecule has 7 nitrogen and oxygen atoms in total. The van der Waals surface area contributed by atoms with Gasteiger partial charge in [-0.2, -0.15) is 0 Å². The number of aromatic nitrogens is 3. The standard InChI is InChI=1S/C15H17N5O2/c1-20(2)7-5-13(21)10-8-11(14(22-3)18-9-10)12-4-6-17-15(16)19-12/h4-9H,1-3H3,(H2,16,17,19)/b7-5+. The molecule has 0 saturated carbocycles. The number of nitrogens with two attached hydrogens (primary N) is 1. The molecular weight excluding hydrogens is 282 g/mol. The first kappa shape index (κ1) is 15.4. The van der Waals surface area contributed by atoms with E-state index in [4.69, 9.17) is 10.5 Å². The smallest absolute Gasteiger partial charge is 0.222 e. The van der Waals surface area contributed by atoms with Crippen LogP contribution in [-0.2, 0) is 0 Å². The van der Waals surface area contributed by atoms with Gasteiger partial charge in [-0.1, -0.05) is 0 Å². The summed E-state index contributed by atoms with van der Waals surface area (Å²) in [4.78, 5) is 26.1. The zero-order valence-electron chi connectivity index (χ0n) is 12.6. The van der Waals surface area contributed by atoms with E-state index in [0.717, 1.165) is 0 Å². The van der Waals surface area contributed by atoms with Crippen LogP contribution in [0.3, 0.4) is 0 Å². The van der Waals surface area contributed by atoms with Gasteiger partial charge in [0.15, 0.2) is 5.78 Å². The third-order valence-electron chi connectivity index (χ3n) is 2.80. The average molecular weight is 299 g/mol. The molecule has 2 aromatic rings. The van der Waals surface area contributed by atoms with Crippen LogP contribution in [-0.4, -0.2) is 46.8 Å². The van der Waals surface area contributed by atoms with Crippen LogP contribution in [0.4, 0.5) is 5.95 Å². The average Bonchev–Trinajstić information content (AvgIpc) is 2.52. The molecule has 0 aromatic carbocycles. The summed E-state index contributed by atoms with van der Waals surface area (Å²) in [7, 11) is 5.18. The van der Waals surface area contributed by atoms with E-state index in [2.05, 4.69) is 15.0 Å². The number of allylic oxidation sites excluding steroid dienone is 1. The number of carbonyl (C=O) groups excluding carboxylic acids is 1. The van der Waals surface area contributed by atoms with Gasteiger partial charge in [0, 0.05) is 44.3 Å². The van der Waals surface area contributed by atoms with Crippen molar-refractivity contribution in [2.45, 2.75) is 0 Å². The Balaban J connectivity index is 2.45. The number of nitrogens with zero attached hydrogens (tertiary/aromatic N) is 4. The van der Waals surface area contributed by atoms with Crippen molar-refractivity contribution in [2.24, 2.45) is 0 Å². The highest BCUT2D eigenvalue weighted by molar-refractivity contribution is 6.05. The Labute approximate surface area is 128 Å². The number of methoxy groups -OCH3 is 1. The van der Waals surface area contributed by atoms with Crippen molar-refractivity contribution in [2.75, 3.05) is 26.9 Å². The Hall–Kier alpha value is -2.96. The predicted molar refractivity (Wildman–Crippen MR) is 83.4 cm³/mol. The fraction of sp³-hybridized carbons (Fsp3) is 0.200. The number of nitrogen functional groups attached to an aromatic ring is 1. The van der Waals surface area contributed by atoms with Gasteiger partial charge in [0.05, 0.1) is 18.4 Å². The lowest BCUT2D eigenvalue weighted by molar-refractivity contribution is 0.104. The molecule has 22 heavy (non-hydrogen) atoms. The topological polar surface area (TPSA) is 94.2 Å². The lowest BCUT2D eigenvalue weighted by Crippen LogP contribution is -2.04. The second kappa shape index (κ2) is 6.66. The van der Waals surface area contributed by atoms with Crippen LogP contribution in [0.1, 0.15) is 10.4 Å². The summed E-state index contributed by atoms with van der Waals surface area (Å²) < 4.78 is 5.22. The highest BCUT2D eigenvalue weighted by atomic mass is 16.5. The molecule has 0 aliphatic rings. The minimum absolute atomic E-state index is 0.142. The number of carbonyl (C=O) groups is 1. The Bertz CT molecular complexity index is 713. The molecule has 2 heterocycles. The van der Waals surface area contributed by atoms with Crippen molar-refractivity contribution in [3.05, 3.63) is 42.4 Å². The number of anilines is 1. The minimum Gasteiger partial charge on any atom is -0.481 e. The number of hydrogen-bond donors (Lipinski definition) is 1. The lowest BCUT2D eigenvalue weighted by Gasteiger charge is -2.09. The number of hydrogen-bond acceptors (Lipinski definition) is 7. The van der Waals surface area contributed by atoms with Crippen molar-refractivity contribution in [1.29, 1.82) is 0 Å². The summed E-state index contributed by atoms with van der Waals surface area (Å²) >= 11 is 0. The van der Waals surface area contributed by atoms with Crippen molar-refractivity contribution in [1.82, 2.24) is 19.9 Å². The van der Waals surface area contributed by atoms with E-state index in [9.17, 15) is 4.79 Å². The van der Waals surface area contributed by atoms with Gasteiger partial charge in [-0.3, -0.25) is 4.79 Å². The molecule has 2 N–H and O–H groups in total. The number of ketones is 1.